The number of rotatable bonds is 1. The smallest absolute Gasteiger partial charge is 0.385 e. The molecule has 5 heteroatoms. The molecule has 1 fully saturated rings. The number of hydrogen-bond donors (Lipinski definition) is 1. The van der Waals surface area contributed by atoms with Crippen LogP contribution in [0.25, 0.3) is 0 Å². The molecule has 0 saturated heterocycles. The standard InChI is InChI=1S/C13H14F4O/c14-11-5-1-3-9(7-11)12(18)6-2-4-10(8-12)13(15,16)17/h1,3,5,7,10,18H,2,4,6,8H2. The van der Waals surface area contributed by atoms with Gasteiger partial charge < -0.3 is 5.11 Å². The summed E-state index contributed by atoms with van der Waals surface area (Å²) in [6, 6.07) is 5.19. The van der Waals surface area contributed by atoms with Crippen LogP contribution in [-0.4, -0.2) is 11.3 Å². The highest BCUT2D eigenvalue weighted by Crippen LogP contribution is 2.46. The zero-order chi connectivity index (χ0) is 13.4. The molecule has 1 aliphatic carbocycles. The van der Waals surface area contributed by atoms with Gasteiger partial charge in [-0.15, -0.1) is 0 Å². The molecule has 1 N–H and O–H groups in total. The highest BCUT2D eigenvalue weighted by atomic mass is 19.4. The second-order valence-electron chi connectivity index (χ2n) is 4.88. The van der Waals surface area contributed by atoms with Crippen LogP contribution in [0.5, 0.6) is 0 Å². The van der Waals surface area contributed by atoms with Crippen molar-refractivity contribution in [3.05, 3.63) is 35.6 Å². The van der Waals surface area contributed by atoms with E-state index in [-0.39, 0.29) is 31.2 Å². The summed E-state index contributed by atoms with van der Waals surface area (Å²) in [5.41, 5.74) is -1.34. The van der Waals surface area contributed by atoms with E-state index >= 15 is 0 Å². The van der Waals surface area contributed by atoms with E-state index in [0.29, 0.717) is 0 Å². The van der Waals surface area contributed by atoms with Crippen molar-refractivity contribution in [2.24, 2.45) is 5.92 Å². The van der Waals surface area contributed by atoms with Crippen molar-refractivity contribution >= 4 is 0 Å². The summed E-state index contributed by atoms with van der Waals surface area (Å²) in [7, 11) is 0. The predicted octanol–water partition coefficient (Wildman–Crippen LogP) is 3.77. The van der Waals surface area contributed by atoms with Gasteiger partial charge in [0.2, 0.25) is 0 Å². The molecule has 0 radical (unpaired) electrons. The summed E-state index contributed by atoms with van der Waals surface area (Å²) in [6.07, 6.45) is -4.14. The lowest BCUT2D eigenvalue weighted by Gasteiger charge is -2.38. The molecular weight excluding hydrogens is 248 g/mol. The maximum Gasteiger partial charge on any atom is 0.391 e. The molecule has 1 saturated carbocycles. The summed E-state index contributed by atoms with van der Waals surface area (Å²) in [6.45, 7) is 0. The van der Waals surface area contributed by atoms with Crippen molar-refractivity contribution in [1.82, 2.24) is 0 Å². The number of halogens is 4. The van der Waals surface area contributed by atoms with Crippen molar-refractivity contribution in [3.63, 3.8) is 0 Å². The fourth-order valence-corrected chi connectivity index (χ4v) is 2.57. The van der Waals surface area contributed by atoms with Gasteiger partial charge >= 0.3 is 6.18 Å². The fraction of sp³-hybridized carbons (Fsp3) is 0.538. The lowest BCUT2D eigenvalue weighted by Crippen LogP contribution is -2.38. The molecule has 0 heterocycles. The van der Waals surface area contributed by atoms with Crippen molar-refractivity contribution in [2.75, 3.05) is 0 Å². The van der Waals surface area contributed by atoms with Crippen molar-refractivity contribution in [3.8, 4) is 0 Å². The quantitative estimate of drug-likeness (QED) is 0.764. The van der Waals surface area contributed by atoms with Crippen molar-refractivity contribution < 1.29 is 22.7 Å². The van der Waals surface area contributed by atoms with Crippen LogP contribution in [0.3, 0.4) is 0 Å². The van der Waals surface area contributed by atoms with Gasteiger partial charge in [0.1, 0.15) is 5.82 Å². The third-order valence-electron chi connectivity index (χ3n) is 3.55. The SMILES string of the molecule is OC1(c2cccc(F)c2)CCCC(C(F)(F)F)C1. The molecule has 2 atom stereocenters. The molecule has 1 nitrogen and oxygen atoms in total. The monoisotopic (exact) mass is 262 g/mol. The van der Waals surface area contributed by atoms with Crippen LogP contribution in [0.2, 0.25) is 0 Å². The van der Waals surface area contributed by atoms with Crippen molar-refractivity contribution in [1.29, 1.82) is 0 Å². The van der Waals surface area contributed by atoms with Gasteiger partial charge in [0.15, 0.2) is 0 Å². The molecule has 2 unspecified atom stereocenters. The van der Waals surface area contributed by atoms with E-state index in [0.717, 1.165) is 6.07 Å². The van der Waals surface area contributed by atoms with E-state index < -0.39 is 23.5 Å². The molecule has 0 aromatic heterocycles. The largest absolute Gasteiger partial charge is 0.391 e. The van der Waals surface area contributed by atoms with Gasteiger partial charge in [-0.25, -0.2) is 4.39 Å². The van der Waals surface area contributed by atoms with Gasteiger partial charge in [-0.05, 0) is 43.4 Å². The van der Waals surface area contributed by atoms with Gasteiger partial charge in [0.25, 0.3) is 0 Å². The Labute approximate surface area is 102 Å². The second kappa shape index (κ2) is 4.53. The van der Waals surface area contributed by atoms with Crippen molar-refractivity contribution in [2.45, 2.75) is 37.5 Å². The normalized spacial score (nSPS) is 29.3. The minimum Gasteiger partial charge on any atom is -0.385 e. The lowest BCUT2D eigenvalue weighted by molar-refractivity contribution is -0.201. The average Bonchev–Trinajstić information content (AvgIpc) is 2.28. The first-order valence-electron chi connectivity index (χ1n) is 5.86. The van der Waals surface area contributed by atoms with Gasteiger partial charge in [0.05, 0.1) is 11.5 Å². The minimum absolute atomic E-state index is 0.0289. The van der Waals surface area contributed by atoms with Crippen LogP contribution >= 0.6 is 0 Å². The third kappa shape index (κ3) is 2.66. The molecule has 0 aliphatic heterocycles. The highest BCUT2D eigenvalue weighted by Gasteiger charge is 2.47. The number of aliphatic hydroxyl groups is 1. The molecular formula is C13H14F4O. The number of hydrogen-bond acceptors (Lipinski definition) is 1. The zero-order valence-electron chi connectivity index (χ0n) is 9.67. The summed E-state index contributed by atoms with van der Waals surface area (Å²) in [5, 5.41) is 10.3. The Morgan fingerprint density at radius 2 is 2.00 bits per heavy atom. The van der Waals surface area contributed by atoms with Crippen LogP contribution in [0.4, 0.5) is 17.6 Å². The summed E-state index contributed by atoms with van der Waals surface area (Å²) in [4.78, 5) is 0. The Morgan fingerprint density at radius 3 is 2.61 bits per heavy atom. The topological polar surface area (TPSA) is 20.2 Å². The first-order chi connectivity index (χ1) is 8.31. The first kappa shape index (κ1) is 13.3. The van der Waals surface area contributed by atoms with E-state index in [4.69, 9.17) is 0 Å². The lowest BCUT2D eigenvalue weighted by atomic mass is 9.74. The molecule has 1 aromatic carbocycles. The highest BCUT2D eigenvalue weighted by molar-refractivity contribution is 5.24. The number of alkyl halides is 3. The predicted molar refractivity (Wildman–Crippen MR) is 58.3 cm³/mol. The Kier molecular flexibility index (Phi) is 3.36. The molecule has 1 aliphatic rings. The Bertz CT molecular complexity index is 429. The van der Waals surface area contributed by atoms with Crippen LogP contribution in [-0.2, 0) is 5.60 Å². The first-order valence-corrected chi connectivity index (χ1v) is 5.86. The Balaban J connectivity index is 2.25. The zero-order valence-corrected chi connectivity index (χ0v) is 9.67. The molecule has 2 rings (SSSR count). The molecule has 0 amide bonds. The summed E-state index contributed by atoms with van der Waals surface area (Å²) >= 11 is 0. The van der Waals surface area contributed by atoms with Gasteiger partial charge in [-0.1, -0.05) is 12.1 Å². The van der Waals surface area contributed by atoms with E-state index in [1.165, 1.54) is 18.2 Å². The van der Waals surface area contributed by atoms with E-state index in [9.17, 15) is 22.7 Å². The number of benzene rings is 1. The Morgan fingerprint density at radius 1 is 1.28 bits per heavy atom. The molecule has 1 aromatic rings. The molecule has 0 spiro atoms. The van der Waals surface area contributed by atoms with Crippen LogP contribution in [0, 0.1) is 11.7 Å². The minimum atomic E-state index is -4.30. The average molecular weight is 262 g/mol. The van der Waals surface area contributed by atoms with Crippen LogP contribution in [0.15, 0.2) is 24.3 Å². The van der Waals surface area contributed by atoms with E-state index in [2.05, 4.69) is 0 Å². The maximum atomic E-state index is 13.1. The summed E-state index contributed by atoms with van der Waals surface area (Å²) in [5.74, 6) is -2.06. The Hall–Kier alpha value is -1.10. The fourth-order valence-electron chi connectivity index (χ4n) is 2.57. The molecule has 100 valence electrons. The molecule has 18 heavy (non-hydrogen) atoms. The molecule has 0 bridgehead atoms. The summed E-state index contributed by atoms with van der Waals surface area (Å²) < 4.78 is 51.2. The van der Waals surface area contributed by atoms with E-state index in [1.807, 2.05) is 0 Å². The van der Waals surface area contributed by atoms with Crippen LogP contribution in [0.1, 0.15) is 31.2 Å². The third-order valence-corrected chi connectivity index (χ3v) is 3.55. The van der Waals surface area contributed by atoms with Gasteiger partial charge in [-0.2, -0.15) is 13.2 Å². The van der Waals surface area contributed by atoms with Crippen LogP contribution < -0.4 is 0 Å². The van der Waals surface area contributed by atoms with E-state index in [1.54, 1.807) is 0 Å². The van der Waals surface area contributed by atoms with Gasteiger partial charge in [0, 0.05) is 0 Å². The second-order valence-corrected chi connectivity index (χ2v) is 4.88. The van der Waals surface area contributed by atoms with Gasteiger partial charge in [-0.3, -0.25) is 0 Å². The maximum absolute atomic E-state index is 13.1.